The number of nitrogens with zero attached hydrogens (tertiary/aromatic N) is 4. The number of rotatable bonds is 5. The van der Waals surface area contributed by atoms with Gasteiger partial charge in [0.25, 0.3) is 5.91 Å². The summed E-state index contributed by atoms with van der Waals surface area (Å²) in [6.45, 7) is 9.28. The van der Waals surface area contributed by atoms with Crippen LogP contribution in [0.25, 0.3) is 11.3 Å². The Bertz CT molecular complexity index is 1040. The quantitative estimate of drug-likeness (QED) is 0.629. The molecule has 30 heavy (non-hydrogen) atoms. The molecule has 0 saturated carbocycles. The fraction of sp³-hybridized carbons (Fsp3) is 0.455. The Hall–Kier alpha value is -3.00. The second-order valence-electron chi connectivity index (χ2n) is 7.75. The van der Waals surface area contributed by atoms with Crippen molar-refractivity contribution in [2.45, 2.75) is 46.1 Å². The maximum atomic E-state index is 12.9. The van der Waals surface area contributed by atoms with E-state index in [9.17, 15) is 4.79 Å². The summed E-state index contributed by atoms with van der Waals surface area (Å²) >= 11 is 0. The SMILES string of the molecule is CCc1onc(C)c1-c1cccc([C@@H]2CN(C(=O)c3cc(C(C)C)no3)CCO2)n1. The normalized spacial score (nSPS) is 17.0. The fourth-order valence-electron chi connectivity index (χ4n) is 3.59. The van der Waals surface area contributed by atoms with Crippen molar-refractivity contribution in [3.8, 4) is 11.3 Å². The molecule has 1 fully saturated rings. The molecule has 8 nitrogen and oxygen atoms in total. The molecule has 3 aromatic heterocycles. The topological polar surface area (TPSA) is 94.5 Å². The number of hydrogen-bond donors (Lipinski definition) is 0. The Balaban J connectivity index is 1.55. The lowest BCUT2D eigenvalue weighted by atomic mass is 10.1. The maximum absolute atomic E-state index is 12.9. The zero-order chi connectivity index (χ0) is 21.3. The van der Waals surface area contributed by atoms with Gasteiger partial charge in [0, 0.05) is 19.0 Å². The first-order valence-electron chi connectivity index (χ1n) is 10.3. The van der Waals surface area contributed by atoms with Gasteiger partial charge in [-0.3, -0.25) is 4.79 Å². The van der Waals surface area contributed by atoms with E-state index < -0.39 is 0 Å². The minimum absolute atomic E-state index is 0.179. The van der Waals surface area contributed by atoms with Crippen LogP contribution < -0.4 is 0 Å². The molecule has 0 aliphatic carbocycles. The van der Waals surface area contributed by atoms with E-state index in [0.717, 1.165) is 40.5 Å². The first kappa shape index (κ1) is 20.3. The van der Waals surface area contributed by atoms with Gasteiger partial charge in [0.15, 0.2) is 0 Å². The van der Waals surface area contributed by atoms with Crippen LogP contribution in [0.4, 0.5) is 0 Å². The standard InChI is InChI=1S/C22H26N4O4/c1-5-18-21(14(4)24-29-18)16-8-6-7-15(23-16)20-12-26(9-10-28-20)22(27)19-11-17(13(2)3)25-30-19/h6-8,11,13,20H,5,9-10,12H2,1-4H3/t20-/m0/s1. The molecule has 0 aromatic carbocycles. The summed E-state index contributed by atoms with van der Waals surface area (Å²) in [4.78, 5) is 19.4. The molecule has 1 saturated heterocycles. The zero-order valence-electron chi connectivity index (χ0n) is 17.7. The van der Waals surface area contributed by atoms with E-state index in [1.807, 2.05) is 45.9 Å². The highest BCUT2D eigenvalue weighted by molar-refractivity contribution is 5.91. The summed E-state index contributed by atoms with van der Waals surface area (Å²) < 4.78 is 16.6. The number of hydrogen-bond acceptors (Lipinski definition) is 7. The molecular weight excluding hydrogens is 384 g/mol. The van der Waals surface area contributed by atoms with E-state index >= 15 is 0 Å². The average Bonchev–Trinajstić information content (AvgIpc) is 3.40. The fourth-order valence-corrected chi connectivity index (χ4v) is 3.59. The molecule has 8 heteroatoms. The molecule has 0 radical (unpaired) electrons. The second-order valence-corrected chi connectivity index (χ2v) is 7.75. The number of morpholine rings is 1. The third kappa shape index (κ3) is 3.87. The Kier molecular flexibility index (Phi) is 5.67. The predicted molar refractivity (Wildman–Crippen MR) is 109 cm³/mol. The van der Waals surface area contributed by atoms with Gasteiger partial charge in [-0.25, -0.2) is 4.98 Å². The van der Waals surface area contributed by atoms with Gasteiger partial charge in [-0.1, -0.05) is 37.2 Å². The predicted octanol–water partition coefficient (Wildman–Crippen LogP) is 3.93. The van der Waals surface area contributed by atoms with Crippen molar-refractivity contribution in [1.29, 1.82) is 0 Å². The molecule has 0 spiro atoms. The molecule has 4 heterocycles. The van der Waals surface area contributed by atoms with Crippen LogP contribution in [-0.4, -0.2) is 45.8 Å². The molecule has 3 aromatic rings. The highest BCUT2D eigenvalue weighted by Crippen LogP contribution is 2.29. The Morgan fingerprint density at radius 3 is 2.83 bits per heavy atom. The molecular formula is C22H26N4O4. The Labute approximate surface area is 175 Å². The minimum atomic E-state index is -0.319. The molecule has 1 aliphatic heterocycles. The van der Waals surface area contributed by atoms with Gasteiger partial charge in [0.1, 0.15) is 11.9 Å². The van der Waals surface area contributed by atoms with E-state index in [2.05, 4.69) is 10.3 Å². The number of aryl methyl sites for hydroxylation is 2. The molecule has 1 aliphatic rings. The van der Waals surface area contributed by atoms with Gasteiger partial charge < -0.3 is 18.7 Å². The number of amides is 1. The number of ether oxygens (including phenoxy) is 1. The van der Waals surface area contributed by atoms with Crippen LogP contribution in [0.3, 0.4) is 0 Å². The van der Waals surface area contributed by atoms with Crippen LogP contribution in [-0.2, 0) is 11.2 Å². The monoisotopic (exact) mass is 410 g/mol. The third-order valence-electron chi connectivity index (χ3n) is 5.30. The maximum Gasteiger partial charge on any atom is 0.292 e. The lowest BCUT2D eigenvalue weighted by molar-refractivity contribution is -0.0258. The Morgan fingerprint density at radius 2 is 2.10 bits per heavy atom. The van der Waals surface area contributed by atoms with E-state index in [4.69, 9.17) is 18.8 Å². The van der Waals surface area contributed by atoms with Crippen LogP contribution in [0.15, 0.2) is 33.3 Å². The van der Waals surface area contributed by atoms with E-state index in [-0.39, 0.29) is 23.7 Å². The minimum Gasteiger partial charge on any atom is -0.368 e. The highest BCUT2D eigenvalue weighted by atomic mass is 16.5. The van der Waals surface area contributed by atoms with E-state index in [1.54, 1.807) is 11.0 Å². The van der Waals surface area contributed by atoms with E-state index in [0.29, 0.717) is 19.7 Å². The first-order valence-corrected chi connectivity index (χ1v) is 10.3. The van der Waals surface area contributed by atoms with Crippen LogP contribution >= 0.6 is 0 Å². The summed E-state index contributed by atoms with van der Waals surface area (Å²) in [5.74, 6) is 1.09. The summed E-state index contributed by atoms with van der Waals surface area (Å²) in [5, 5.41) is 8.07. The smallest absolute Gasteiger partial charge is 0.292 e. The summed E-state index contributed by atoms with van der Waals surface area (Å²) in [6.07, 6.45) is 0.417. The van der Waals surface area contributed by atoms with Gasteiger partial charge in [0.2, 0.25) is 5.76 Å². The van der Waals surface area contributed by atoms with Crippen LogP contribution in [0.1, 0.15) is 66.2 Å². The Morgan fingerprint density at radius 1 is 1.27 bits per heavy atom. The molecule has 1 amide bonds. The molecule has 0 N–H and O–H groups in total. The largest absolute Gasteiger partial charge is 0.368 e. The molecule has 0 unspecified atom stereocenters. The summed E-state index contributed by atoms with van der Waals surface area (Å²) in [6, 6.07) is 7.52. The number of aromatic nitrogens is 3. The van der Waals surface area contributed by atoms with Crippen molar-refractivity contribution in [2.24, 2.45) is 0 Å². The number of pyridine rings is 1. The van der Waals surface area contributed by atoms with Crippen LogP contribution in [0, 0.1) is 6.92 Å². The van der Waals surface area contributed by atoms with Crippen LogP contribution in [0.5, 0.6) is 0 Å². The average molecular weight is 410 g/mol. The second kappa shape index (κ2) is 8.39. The van der Waals surface area contributed by atoms with Crippen molar-refractivity contribution in [2.75, 3.05) is 19.7 Å². The number of carbonyl (C=O) groups is 1. The first-order chi connectivity index (χ1) is 14.5. The van der Waals surface area contributed by atoms with Crippen molar-refractivity contribution in [3.05, 3.63) is 52.9 Å². The van der Waals surface area contributed by atoms with Crippen molar-refractivity contribution < 1.29 is 18.6 Å². The zero-order valence-corrected chi connectivity index (χ0v) is 17.7. The number of carbonyl (C=O) groups excluding carboxylic acids is 1. The molecule has 4 rings (SSSR count). The van der Waals surface area contributed by atoms with E-state index in [1.165, 1.54) is 0 Å². The van der Waals surface area contributed by atoms with Crippen molar-refractivity contribution >= 4 is 5.91 Å². The van der Waals surface area contributed by atoms with Gasteiger partial charge >= 0.3 is 0 Å². The summed E-state index contributed by atoms with van der Waals surface area (Å²) in [5.41, 5.74) is 4.07. The van der Waals surface area contributed by atoms with Crippen molar-refractivity contribution in [1.82, 2.24) is 20.2 Å². The van der Waals surface area contributed by atoms with Gasteiger partial charge in [-0.05, 0) is 25.0 Å². The van der Waals surface area contributed by atoms with Crippen LogP contribution in [0.2, 0.25) is 0 Å². The lowest BCUT2D eigenvalue weighted by Gasteiger charge is -2.32. The van der Waals surface area contributed by atoms with Gasteiger partial charge in [0.05, 0.1) is 41.5 Å². The highest BCUT2D eigenvalue weighted by Gasteiger charge is 2.29. The van der Waals surface area contributed by atoms with Gasteiger partial charge in [-0.15, -0.1) is 0 Å². The summed E-state index contributed by atoms with van der Waals surface area (Å²) in [7, 11) is 0. The molecule has 1 atom stereocenters. The molecule has 0 bridgehead atoms. The lowest BCUT2D eigenvalue weighted by Crippen LogP contribution is -2.42. The van der Waals surface area contributed by atoms with Crippen molar-refractivity contribution in [3.63, 3.8) is 0 Å². The third-order valence-corrected chi connectivity index (χ3v) is 5.30. The molecule has 158 valence electrons. The van der Waals surface area contributed by atoms with Gasteiger partial charge in [-0.2, -0.15) is 0 Å².